The van der Waals surface area contributed by atoms with Crippen molar-refractivity contribution in [2.45, 2.75) is 0 Å². The molecule has 4 heteroatoms. The fraction of sp³-hybridized carbons (Fsp3) is 0. The molecule has 8 aromatic carbocycles. The van der Waals surface area contributed by atoms with E-state index in [0.717, 1.165) is 44.2 Å². The summed E-state index contributed by atoms with van der Waals surface area (Å²) in [5.41, 5.74) is 10.9. The molecule has 0 saturated heterocycles. The van der Waals surface area contributed by atoms with Crippen molar-refractivity contribution in [3.8, 4) is 78.7 Å². The fourth-order valence-electron chi connectivity index (χ4n) is 7.07. The van der Waals surface area contributed by atoms with Crippen molar-refractivity contribution in [2.75, 3.05) is 0 Å². The lowest BCUT2D eigenvalue weighted by Gasteiger charge is -2.09. The molecule has 2 heterocycles. The number of nitrogens with zero attached hydrogens (tertiary/aromatic N) is 3. The average molecular weight is 709 g/mol. The summed E-state index contributed by atoms with van der Waals surface area (Å²) >= 11 is 0. The van der Waals surface area contributed by atoms with E-state index in [0.29, 0.717) is 39.7 Å². The molecule has 2 aromatic heterocycles. The molecule has 10 rings (SSSR count). The lowest BCUT2D eigenvalue weighted by molar-refractivity contribution is 0.670. The third-order valence-corrected chi connectivity index (χ3v) is 9.89. The van der Waals surface area contributed by atoms with Crippen LogP contribution in [0.1, 0.15) is 6.85 Å². The van der Waals surface area contributed by atoms with Gasteiger partial charge in [0.15, 0.2) is 17.5 Å². The molecule has 0 unspecified atom stereocenters. The largest absolute Gasteiger partial charge is 0.455 e. The van der Waals surface area contributed by atoms with Crippen LogP contribution in [-0.2, 0) is 0 Å². The first-order valence-corrected chi connectivity index (χ1v) is 18.0. The third kappa shape index (κ3) is 6.16. The van der Waals surface area contributed by atoms with Crippen LogP contribution in [-0.4, -0.2) is 15.0 Å². The normalized spacial score (nSPS) is 12.5. The highest BCUT2D eigenvalue weighted by Crippen LogP contribution is 2.40. The van der Waals surface area contributed by atoms with Crippen LogP contribution < -0.4 is 0 Å². The third-order valence-electron chi connectivity index (χ3n) is 9.89. The molecule has 10 aromatic rings. The first kappa shape index (κ1) is 27.2. The van der Waals surface area contributed by atoms with Crippen LogP contribution in [0.3, 0.4) is 0 Å². The monoisotopic (exact) mass is 708 g/mol. The first-order valence-electron chi connectivity index (χ1n) is 20.5. The van der Waals surface area contributed by atoms with Gasteiger partial charge in [-0.3, -0.25) is 0 Å². The Morgan fingerprint density at radius 2 is 0.709 bits per heavy atom. The second-order valence-electron chi connectivity index (χ2n) is 13.2. The quantitative estimate of drug-likeness (QED) is 0.165. The molecule has 0 spiro atoms. The SMILES string of the molecule is [2H]c1c([2H])c([2H])c(-c2ccc(-c3nc(-c4ccccc4)nc(-c4cccc5c4oc4c(-c6ccc(-c7ccc(-c8ccccc8)cc7)cc6)cccc45)n3)cc2)c([2H])c1[2H]. The van der Waals surface area contributed by atoms with Gasteiger partial charge in [-0.15, -0.1) is 0 Å². The Bertz CT molecular complexity index is 3200. The molecule has 0 N–H and O–H groups in total. The highest BCUT2D eigenvalue weighted by Gasteiger charge is 2.19. The van der Waals surface area contributed by atoms with Crippen LogP contribution in [0.2, 0.25) is 0 Å². The number of furan rings is 1. The molecule has 0 fully saturated rings. The molecule has 55 heavy (non-hydrogen) atoms. The Balaban J connectivity index is 1.04. The number of hydrogen-bond donors (Lipinski definition) is 0. The van der Waals surface area contributed by atoms with Crippen LogP contribution in [0.15, 0.2) is 204 Å². The van der Waals surface area contributed by atoms with Crippen LogP contribution in [0.5, 0.6) is 0 Å². The Kier molecular flexibility index (Phi) is 6.85. The number of aromatic nitrogens is 3. The lowest BCUT2D eigenvalue weighted by Crippen LogP contribution is -2.00. The Labute approximate surface area is 326 Å². The van der Waals surface area contributed by atoms with Crippen molar-refractivity contribution in [1.29, 1.82) is 0 Å². The topological polar surface area (TPSA) is 51.8 Å². The van der Waals surface area contributed by atoms with Crippen molar-refractivity contribution in [2.24, 2.45) is 0 Å². The van der Waals surface area contributed by atoms with Gasteiger partial charge >= 0.3 is 0 Å². The summed E-state index contributed by atoms with van der Waals surface area (Å²) in [5.74, 6) is 1.33. The van der Waals surface area contributed by atoms with E-state index >= 15 is 0 Å². The van der Waals surface area contributed by atoms with Crippen LogP contribution in [0.4, 0.5) is 0 Å². The number of benzene rings is 8. The number of para-hydroxylation sites is 2. The Hall–Kier alpha value is -7.43. The summed E-state index contributed by atoms with van der Waals surface area (Å²) in [6.45, 7) is 0. The molecule has 0 atom stereocenters. The van der Waals surface area contributed by atoms with Gasteiger partial charge in [-0.2, -0.15) is 0 Å². The van der Waals surface area contributed by atoms with Crippen molar-refractivity contribution < 1.29 is 11.3 Å². The molecule has 0 aliphatic rings. The summed E-state index contributed by atoms with van der Waals surface area (Å²) in [6.07, 6.45) is 0. The molecular formula is C51H33N3O. The van der Waals surface area contributed by atoms with Crippen molar-refractivity contribution in [3.63, 3.8) is 0 Å². The van der Waals surface area contributed by atoms with Gasteiger partial charge < -0.3 is 4.42 Å². The highest BCUT2D eigenvalue weighted by atomic mass is 16.3. The minimum atomic E-state index is -0.428. The Morgan fingerprint density at radius 1 is 0.309 bits per heavy atom. The highest BCUT2D eigenvalue weighted by molar-refractivity contribution is 6.12. The van der Waals surface area contributed by atoms with Gasteiger partial charge in [0.05, 0.1) is 12.4 Å². The van der Waals surface area contributed by atoms with E-state index in [1.54, 1.807) is 24.3 Å². The zero-order valence-electron chi connectivity index (χ0n) is 34.4. The van der Waals surface area contributed by atoms with Crippen LogP contribution >= 0.6 is 0 Å². The predicted octanol–water partition coefficient (Wildman–Crippen LogP) is 13.4. The smallest absolute Gasteiger partial charge is 0.167 e. The molecule has 4 nitrogen and oxygen atoms in total. The molecule has 0 bridgehead atoms. The van der Waals surface area contributed by atoms with Gasteiger partial charge in [-0.05, 0) is 45.0 Å². The molecule has 258 valence electrons. The predicted molar refractivity (Wildman–Crippen MR) is 225 cm³/mol. The summed E-state index contributed by atoms with van der Waals surface area (Å²) in [7, 11) is 0. The average Bonchev–Trinajstić information content (AvgIpc) is 3.70. The van der Waals surface area contributed by atoms with E-state index in [4.69, 9.17) is 26.2 Å². The fourth-order valence-corrected chi connectivity index (χ4v) is 7.07. The van der Waals surface area contributed by atoms with E-state index in [9.17, 15) is 0 Å². The van der Waals surface area contributed by atoms with Gasteiger partial charge in [0, 0.05) is 27.5 Å². The molecule has 0 aliphatic heterocycles. The van der Waals surface area contributed by atoms with E-state index in [-0.39, 0.29) is 29.7 Å². The second kappa shape index (κ2) is 13.8. The summed E-state index contributed by atoms with van der Waals surface area (Å²) in [6, 6.07) is 54.8. The molecule has 0 aliphatic carbocycles. The summed E-state index contributed by atoms with van der Waals surface area (Å²) < 4.78 is 48.0. The van der Waals surface area contributed by atoms with Crippen LogP contribution in [0.25, 0.3) is 101 Å². The maximum Gasteiger partial charge on any atom is 0.167 e. The summed E-state index contributed by atoms with van der Waals surface area (Å²) in [5, 5.41) is 1.91. The molecule has 0 amide bonds. The molecular weight excluding hydrogens is 671 g/mol. The molecule has 0 radical (unpaired) electrons. The van der Waals surface area contributed by atoms with Gasteiger partial charge in [0.2, 0.25) is 0 Å². The molecule has 0 saturated carbocycles. The first-order chi connectivity index (χ1) is 29.3. The number of hydrogen-bond acceptors (Lipinski definition) is 4. The minimum absolute atomic E-state index is 0.134. The van der Waals surface area contributed by atoms with E-state index in [1.807, 2.05) is 48.5 Å². The standard InChI is InChI=1S/C51H33N3O/c1-4-12-34(13-5-1)36-22-24-38(25-23-36)39-26-30-40(31-27-39)43-18-10-19-44-45-20-11-21-46(48(45)55-47(43)44)51-53-49(41-16-8-3-9-17-41)52-50(54-51)42-32-28-37(29-33-42)35-14-6-2-7-15-35/h1-33H/i2D,6D,7D,14D,15D. The summed E-state index contributed by atoms with van der Waals surface area (Å²) in [4.78, 5) is 14.9. The van der Waals surface area contributed by atoms with Gasteiger partial charge in [0.1, 0.15) is 11.2 Å². The minimum Gasteiger partial charge on any atom is -0.455 e. The van der Waals surface area contributed by atoms with Crippen molar-refractivity contribution >= 4 is 21.9 Å². The van der Waals surface area contributed by atoms with E-state index in [1.165, 1.54) is 11.1 Å². The lowest BCUT2D eigenvalue weighted by atomic mass is 9.97. The zero-order chi connectivity index (χ0) is 40.9. The van der Waals surface area contributed by atoms with Crippen molar-refractivity contribution in [3.05, 3.63) is 200 Å². The maximum absolute atomic E-state index is 8.46. The van der Waals surface area contributed by atoms with E-state index < -0.39 is 6.04 Å². The van der Waals surface area contributed by atoms with Gasteiger partial charge in [-0.1, -0.05) is 194 Å². The zero-order valence-corrected chi connectivity index (χ0v) is 29.4. The van der Waals surface area contributed by atoms with Crippen LogP contribution in [0, 0.1) is 0 Å². The Morgan fingerprint density at radius 3 is 1.27 bits per heavy atom. The van der Waals surface area contributed by atoms with E-state index in [2.05, 4.69) is 97.1 Å². The van der Waals surface area contributed by atoms with Crippen molar-refractivity contribution in [1.82, 2.24) is 15.0 Å². The number of fused-ring (bicyclic) bond motifs is 3. The second-order valence-corrected chi connectivity index (χ2v) is 13.2. The van der Waals surface area contributed by atoms with Gasteiger partial charge in [0.25, 0.3) is 0 Å². The number of rotatable bonds is 7. The van der Waals surface area contributed by atoms with Gasteiger partial charge in [-0.25, -0.2) is 15.0 Å². The maximum atomic E-state index is 8.46.